The van der Waals surface area contributed by atoms with E-state index >= 15 is 0 Å². The minimum atomic E-state index is 0.0885. The summed E-state index contributed by atoms with van der Waals surface area (Å²) in [5.41, 5.74) is 7.78. The van der Waals surface area contributed by atoms with E-state index in [1.54, 1.807) is 0 Å². The molecule has 4 heteroatoms. The number of nitrogens with one attached hydrogen (secondary N) is 1. The lowest BCUT2D eigenvalue weighted by atomic mass is 10.2. The van der Waals surface area contributed by atoms with Crippen LogP contribution in [0, 0.1) is 0 Å². The molecule has 1 aromatic carbocycles. The second-order valence-electron chi connectivity index (χ2n) is 5.02. The predicted octanol–water partition coefficient (Wildman–Crippen LogP) is 2.40. The minimum absolute atomic E-state index is 0.0885. The number of nitrogens with two attached hydrogens (primary N) is 1. The summed E-state index contributed by atoms with van der Waals surface area (Å²) >= 11 is 0. The lowest BCUT2D eigenvalue weighted by molar-refractivity contribution is -0.121. The van der Waals surface area contributed by atoms with Crippen molar-refractivity contribution in [2.45, 2.75) is 39.7 Å². The molecule has 19 heavy (non-hydrogen) atoms. The van der Waals surface area contributed by atoms with Gasteiger partial charge in [0.1, 0.15) is 0 Å². The molecule has 1 aromatic rings. The van der Waals surface area contributed by atoms with Crippen molar-refractivity contribution in [1.82, 2.24) is 5.32 Å². The highest BCUT2D eigenvalue weighted by Crippen LogP contribution is 2.22. The van der Waals surface area contributed by atoms with Crippen molar-refractivity contribution in [2.75, 3.05) is 23.7 Å². The van der Waals surface area contributed by atoms with E-state index in [1.807, 2.05) is 38.1 Å². The summed E-state index contributed by atoms with van der Waals surface area (Å²) in [5, 5.41) is 2.91. The molecule has 106 valence electrons. The molecule has 0 aliphatic carbocycles. The molecule has 0 aliphatic heterocycles. The van der Waals surface area contributed by atoms with Gasteiger partial charge in [-0.1, -0.05) is 19.1 Å². The number of carbonyl (C=O) groups excluding carboxylic acids is 1. The Morgan fingerprint density at radius 2 is 2.00 bits per heavy atom. The second kappa shape index (κ2) is 7.67. The van der Waals surface area contributed by atoms with Gasteiger partial charge in [-0.2, -0.15) is 0 Å². The molecule has 0 aliphatic rings. The van der Waals surface area contributed by atoms with E-state index < -0.39 is 0 Å². The van der Waals surface area contributed by atoms with E-state index in [-0.39, 0.29) is 11.9 Å². The maximum atomic E-state index is 11.7. The lowest BCUT2D eigenvalue weighted by Gasteiger charge is -2.25. The largest absolute Gasteiger partial charge is 0.397 e. The van der Waals surface area contributed by atoms with Crippen LogP contribution < -0.4 is 16.0 Å². The number of hydrogen-bond donors (Lipinski definition) is 2. The number of nitrogen functional groups attached to an aromatic ring is 1. The van der Waals surface area contributed by atoms with Gasteiger partial charge in [-0.15, -0.1) is 0 Å². The summed E-state index contributed by atoms with van der Waals surface area (Å²) in [6.07, 6.45) is 1.52. The number of rotatable bonds is 7. The van der Waals surface area contributed by atoms with E-state index in [0.717, 1.165) is 24.3 Å². The molecule has 0 spiro atoms. The minimum Gasteiger partial charge on any atom is -0.397 e. The van der Waals surface area contributed by atoms with E-state index in [9.17, 15) is 4.79 Å². The van der Waals surface area contributed by atoms with Crippen molar-refractivity contribution in [1.29, 1.82) is 0 Å². The zero-order valence-electron chi connectivity index (χ0n) is 12.1. The Labute approximate surface area is 116 Å². The summed E-state index contributed by atoms with van der Waals surface area (Å²) in [7, 11) is 0. The Morgan fingerprint density at radius 1 is 1.32 bits per heavy atom. The first-order valence-corrected chi connectivity index (χ1v) is 6.93. The Hall–Kier alpha value is -1.71. The van der Waals surface area contributed by atoms with Crippen LogP contribution in [-0.2, 0) is 4.79 Å². The third-order valence-electron chi connectivity index (χ3n) is 2.83. The van der Waals surface area contributed by atoms with Gasteiger partial charge in [-0.05, 0) is 32.4 Å². The second-order valence-corrected chi connectivity index (χ2v) is 5.02. The van der Waals surface area contributed by atoms with E-state index in [4.69, 9.17) is 5.73 Å². The first-order valence-electron chi connectivity index (χ1n) is 6.93. The number of para-hydroxylation sites is 2. The summed E-state index contributed by atoms with van der Waals surface area (Å²) < 4.78 is 0. The molecule has 1 rings (SSSR count). The zero-order chi connectivity index (χ0) is 14.3. The summed E-state index contributed by atoms with van der Waals surface area (Å²) in [6, 6.07) is 7.99. The van der Waals surface area contributed by atoms with Crippen LogP contribution in [0.3, 0.4) is 0 Å². The van der Waals surface area contributed by atoms with Crippen LogP contribution in [0.15, 0.2) is 24.3 Å². The van der Waals surface area contributed by atoms with Crippen molar-refractivity contribution in [2.24, 2.45) is 0 Å². The number of hydrogen-bond acceptors (Lipinski definition) is 3. The highest BCUT2D eigenvalue weighted by Gasteiger charge is 2.11. The standard InChI is InChI=1S/C15H25N3O/c1-4-10-18(11-9-15(19)17-12(2)3)14-8-6-5-7-13(14)16/h5-8,12H,4,9-11,16H2,1-3H3,(H,17,19). The van der Waals surface area contributed by atoms with Crippen LogP contribution in [-0.4, -0.2) is 25.0 Å². The topological polar surface area (TPSA) is 58.4 Å². The lowest BCUT2D eigenvalue weighted by Crippen LogP contribution is -2.34. The monoisotopic (exact) mass is 263 g/mol. The Balaban J connectivity index is 2.64. The summed E-state index contributed by atoms with van der Waals surface area (Å²) in [4.78, 5) is 13.9. The molecular weight excluding hydrogens is 238 g/mol. The van der Waals surface area contributed by atoms with Crippen molar-refractivity contribution in [3.8, 4) is 0 Å². The normalized spacial score (nSPS) is 10.5. The molecule has 0 radical (unpaired) electrons. The van der Waals surface area contributed by atoms with Gasteiger partial charge in [0.15, 0.2) is 0 Å². The average molecular weight is 263 g/mol. The molecule has 1 amide bonds. The molecule has 4 nitrogen and oxygen atoms in total. The van der Waals surface area contributed by atoms with Crippen LogP contribution in [0.25, 0.3) is 0 Å². The summed E-state index contributed by atoms with van der Waals surface area (Å²) in [6.45, 7) is 7.66. The number of amides is 1. The van der Waals surface area contributed by atoms with Crippen LogP contribution in [0.4, 0.5) is 11.4 Å². The molecule has 0 saturated heterocycles. The maximum absolute atomic E-state index is 11.7. The van der Waals surface area contributed by atoms with E-state index in [0.29, 0.717) is 13.0 Å². The molecule has 0 unspecified atom stereocenters. The van der Waals surface area contributed by atoms with Gasteiger partial charge in [0.2, 0.25) is 5.91 Å². The third kappa shape index (κ3) is 5.20. The van der Waals surface area contributed by atoms with Gasteiger partial charge in [0.05, 0.1) is 11.4 Å². The fraction of sp³-hybridized carbons (Fsp3) is 0.533. The van der Waals surface area contributed by atoms with Crippen molar-refractivity contribution in [3.05, 3.63) is 24.3 Å². The quantitative estimate of drug-likeness (QED) is 0.743. The van der Waals surface area contributed by atoms with Crippen LogP contribution >= 0.6 is 0 Å². The SMILES string of the molecule is CCCN(CCC(=O)NC(C)C)c1ccccc1N. The Bertz CT molecular complexity index is 404. The van der Waals surface area contributed by atoms with E-state index in [1.165, 1.54) is 0 Å². The average Bonchev–Trinajstić information content (AvgIpc) is 2.34. The molecule has 0 saturated carbocycles. The van der Waals surface area contributed by atoms with Crippen LogP contribution in [0.2, 0.25) is 0 Å². The zero-order valence-corrected chi connectivity index (χ0v) is 12.1. The molecule has 0 bridgehead atoms. The van der Waals surface area contributed by atoms with Crippen LogP contribution in [0.1, 0.15) is 33.6 Å². The van der Waals surface area contributed by atoms with Gasteiger partial charge >= 0.3 is 0 Å². The highest BCUT2D eigenvalue weighted by molar-refractivity contribution is 5.77. The van der Waals surface area contributed by atoms with Gasteiger partial charge in [0.25, 0.3) is 0 Å². The van der Waals surface area contributed by atoms with Gasteiger partial charge < -0.3 is 16.0 Å². The van der Waals surface area contributed by atoms with Crippen LogP contribution in [0.5, 0.6) is 0 Å². The molecular formula is C15H25N3O. The van der Waals surface area contributed by atoms with Crippen molar-refractivity contribution < 1.29 is 4.79 Å². The van der Waals surface area contributed by atoms with Crippen molar-refractivity contribution in [3.63, 3.8) is 0 Å². The van der Waals surface area contributed by atoms with Gasteiger partial charge in [0, 0.05) is 25.6 Å². The Morgan fingerprint density at radius 3 is 2.58 bits per heavy atom. The maximum Gasteiger partial charge on any atom is 0.221 e. The first-order chi connectivity index (χ1) is 9.04. The number of carbonyl (C=O) groups is 1. The molecule has 0 aromatic heterocycles. The smallest absolute Gasteiger partial charge is 0.221 e. The fourth-order valence-electron chi connectivity index (χ4n) is 2.03. The fourth-order valence-corrected chi connectivity index (χ4v) is 2.03. The van der Waals surface area contributed by atoms with E-state index in [2.05, 4.69) is 17.1 Å². The van der Waals surface area contributed by atoms with Gasteiger partial charge in [-0.25, -0.2) is 0 Å². The first kappa shape index (κ1) is 15.3. The molecule has 0 fully saturated rings. The predicted molar refractivity (Wildman–Crippen MR) is 81.3 cm³/mol. The molecule has 0 heterocycles. The van der Waals surface area contributed by atoms with Crippen molar-refractivity contribution >= 4 is 17.3 Å². The number of anilines is 2. The van der Waals surface area contributed by atoms with Gasteiger partial charge in [-0.3, -0.25) is 4.79 Å². The summed E-state index contributed by atoms with van der Waals surface area (Å²) in [5.74, 6) is 0.0885. The molecule has 3 N–H and O–H groups in total. The highest BCUT2D eigenvalue weighted by atomic mass is 16.1. The third-order valence-corrected chi connectivity index (χ3v) is 2.83. The molecule has 0 atom stereocenters. The Kier molecular flexibility index (Phi) is 6.19. The number of benzene rings is 1. The number of nitrogens with zero attached hydrogens (tertiary/aromatic N) is 1.